The van der Waals surface area contributed by atoms with Crippen LogP contribution < -0.4 is 10.4 Å². The number of carbonyl (C=O) groups is 1. The molecule has 9 nitrogen and oxygen atoms in total. The van der Waals surface area contributed by atoms with Gasteiger partial charge >= 0.3 is 11.7 Å². The molecule has 2 aliphatic heterocycles. The van der Waals surface area contributed by atoms with Crippen LogP contribution in [0.1, 0.15) is 40.3 Å². The largest absolute Gasteiger partial charge is 0.478 e. The fourth-order valence-corrected chi connectivity index (χ4v) is 4.63. The van der Waals surface area contributed by atoms with Crippen molar-refractivity contribution in [2.45, 2.75) is 76.3 Å². The van der Waals surface area contributed by atoms with Gasteiger partial charge in [-0.25, -0.2) is 4.79 Å². The van der Waals surface area contributed by atoms with Gasteiger partial charge in [-0.05, 0) is 25.1 Å². The maximum Gasteiger partial charge on any atom is 0.353 e. The Hall–Kier alpha value is -1.75. The molecule has 0 aliphatic carbocycles. The summed E-state index contributed by atoms with van der Waals surface area (Å²) in [6, 6.07) is 1.56. The first kappa shape index (κ1) is 21.9. The van der Waals surface area contributed by atoms with Gasteiger partial charge in [-0.15, -0.1) is 0 Å². The van der Waals surface area contributed by atoms with E-state index in [1.54, 1.807) is 13.0 Å². The summed E-state index contributed by atoms with van der Waals surface area (Å²) in [5.74, 6) is -0.308. The summed E-state index contributed by atoms with van der Waals surface area (Å²) in [6.07, 6.45) is -1.40. The van der Waals surface area contributed by atoms with E-state index in [9.17, 15) is 14.7 Å². The highest BCUT2D eigenvalue weighted by Crippen LogP contribution is 2.47. The molecule has 2 fully saturated rings. The third-order valence-electron chi connectivity index (χ3n) is 6.03. The van der Waals surface area contributed by atoms with Crippen LogP contribution in [0, 0.1) is 0 Å². The number of nitrogens with zero attached hydrogens (tertiary/aromatic N) is 2. The standard InChI is InChI=1S/C19H30N2O7Si/c1-7-25-13-8-9-21(17(23)20-13)16-15(28-29(5,6)18(2,3)4)19(24)10-14(22)26-11-12(19)27-16/h8-9,12,15-16,24H,7,10-11H2,1-6H3/t12-,15+,16-,19-/m1/s1. The van der Waals surface area contributed by atoms with Gasteiger partial charge in [0.2, 0.25) is 5.88 Å². The van der Waals surface area contributed by atoms with Crippen LogP contribution in [0.2, 0.25) is 18.1 Å². The molecule has 29 heavy (non-hydrogen) atoms. The molecule has 0 unspecified atom stereocenters. The highest BCUT2D eigenvalue weighted by molar-refractivity contribution is 6.74. The molecule has 3 rings (SSSR count). The zero-order valence-corrected chi connectivity index (χ0v) is 18.8. The zero-order chi connectivity index (χ0) is 21.6. The third kappa shape index (κ3) is 3.98. The maximum atomic E-state index is 12.7. The van der Waals surface area contributed by atoms with E-state index >= 15 is 0 Å². The quantitative estimate of drug-likeness (QED) is 0.559. The van der Waals surface area contributed by atoms with Crippen LogP contribution in [0.15, 0.2) is 17.1 Å². The molecule has 1 aromatic rings. The number of ether oxygens (including phenoxy) is 3. The Morgan fingerprint density at radius 2 is 2.07 bits per heavy atom. The van der Waals surface area contributed by atoms with Crippen LogP contribution >= 0.6 is 0 Å². The lowest BCUT2D eigenvalue weighted by molar-refractivity contribution is -0.179. The second kappa shape index (κ2) is 7.49. The third-order valence-corrected chi connectivity index (χ3v) is 10.5. The predicted octanol–water partition coefficient (Wildman–Crippen LogP) is 1.61. The van der Waals surface area contributed by atoms with Gasteiger partial charge in [0.05, 0.1) is 13.0 Å². The molecule has 3 heterocycles. The summed E-state index contributed by atoms with van der Waals surface area (Å²) in [6.45, 7) is 12.4. The van der Waals surface area contributed by atoms with Crippen LogP contribution in [0.25, 0.3) is 0 Å². The molecule has 4 atom stereocenters. The van der Waals surface area contributed by atoms with Crippen LogP contribution in [0.5, 0.6) is 5.88 Å². The average Bonchev–Trinajstić information content (AvgIpc) is 2.86. The minimum atomic E-state index is -2.38. The highest BCUT2D eigenvalue weighted by Gasteiger charge is 2.62. The molecule has 2 aliphatic rings. The van der Waals surface area contributed by atoms with Crippen molar-refractivity contribution in [2.24, 2.45) is 0 Å². The van der Waals surface area contributed by atoms with Crippen molar-refractivity contribution in [3.05, 3.63) is 22.7 Å². The van der Waals surface area contributed by atoms with Crippen molar-refractivity contribution >= 4 is 14.3 Å². The number of aromatic nitrogens is 2. The molecule has 0 spiro atoms. The molecule has 0 bridgehead atoms. The Labute approximate surface area is 171 Å². The molecular formula is C19H30N2O7Si. The van der Waals surface area contributed by atoms with Crippen LogP contribution in [0.4, 0.5) is 0 Å². The number of rotatable bonds is 5. The van der Waals surface area contributed by atoms with Gasteiger partial charge in [0.15, 0.2) is 14.5 Å². The smallest absolute Gasteiger partial charge is 0.353 e. The highest BCUT2D eigenvalue weighted by atomic mass is 28.4. The zero-order valence-electron chi connectivity index (χ0n) is 17.8. The van der Waals surface area contributed by atoms with Gasteiger partial charge in [-0.2, -0.15) is 4.98 Å². The van der Waals surface area contributed by atoms with Crippen LogP contribution in [-0.4, -0.2) is 60.0 Å². The first-order chi connectivity index (χ1) is 13.4. The molecule has 1 aromatic heterocycles. The Kier molecular flexibility index (Phi) is 5.67. The summed E-state index contributed by atoms with van der Waals surface area (Å²) >= 11 is 0. The second-order valence-electron chi connectivity index (χ2n) is 9.05. The summed E-state index contributed by atoms with van der Waals surface area (Å²) in [4.78, 5) is 28.5. The lowest BCUT2D eigenvalue weighted by Gasteiger charge is -2.43. The monoisotopic (exact) mass is 426 g/mol. The molecule has 0 amide bonds. The Balaban J connectivity index is 2.03. The Morgan fingerprint density at radius 3 is 2.66 bits per heavy atom. The Morgan fingerprint density at radius 1 is 1.38 bits per heavy atom. The number of esters is 1. The van der Waals surface area contributed by atoms with Crippen molar-refractivity contribution in [1.29, 1.82) is 0 Å². The molecule has 162 valence electrons. The van der Waals surface area contributed by atoms with Crippen molar-refractivity contribution in [1.82, 2.24) is 9.55 Å². The van der Waals surface area contributed by atoms with Crippen molar-refractivity contribution < 1.29 is 28.5 Å². The van der Waals surface area contributed by atoms with Crippen molar-refractivity contribution in [3.8, 4) is 5.88 Å². The van der Waals surface area contributed by atoms with E-state index in [4.69, 9.17) is 18.6 Å². The van der Waals surface area contributed by atoms with E-state index < -0.39 is 44.0 Å². The van der Waals surface area contributed by atoms with E-state index in [1.165, 1.54) is 10.8 Å². The fourth-order valence-electron chi connectivity index (χ4n) is 3.32. The molecule has 0 radical (unpaired) electrons. The molecule has 1 N–H and O–H groups in total. The summed E-state index contributed by atoms with van der Waals surface area (Å²) in [7, 11) is -2.38. The van der Waals surface area contributed by atoms with E-state index in [0.29, 0.717) is 6.61 Å². The van der Waals surface area contributed by atoms with Crippen molar-refractivity contribution in [3.63, 3.8) is 0 Å². The minimum Gasteiger partial charge on any atom is -0.478 e. The van der Waals surface area contributed by atoms with Gasteiger partial charge in [0, 0.05) is 12.3 Å². The second-order valence-corrected chi connectivity index (χ2v) is 13.8. The first-order valence-corrected chi connectivity index (χ1v) is 12.7. The maximum absolute atomic E-state index is 12.7. The summed E-state index contributed by atoms with van der Waals surface area (Å²) in [5, 5.41) is 11.3. The van der Waals surface area contributed by atoms with Gasteiger partial charge in [-0.3, -0.25) is 9.36 Å². The lowest BCUT2D eigenvalue weighted by Crippen LogP contribution is -2.59. The van der Waals surface area contributed by atoms with Gasteiger partial charge in [0.1, 0.15) is 24.4 Å². The molecule has 0 saturated carbocycles. The van der Waals surface area contributed by atoms with Crippen LogP contribution in [0.3, 0.4) is 0 Å². The van der Waals surface area contributed by atoms with E-state index in [0.717, 1.165) is 0 Å². The lowest BCUT2D eigenvalue weighted by atomic mass is 9.87. The van der Waals surface area contributed by atoms with E-state index in [-0.39, 0.29) is 23.9 Å². The van der Waals surface area contributed by atoms with Crippen LogP contribution in [-0.2, 0) is 18.7 Å². The normalized spacial score (nSPS) is 30.0. The first-order valence-electron chi connectivity index (χ1n) is 9.82. The predicted molar refractivity (Wildman–Crippen MR) is 106 cm³/mol. The molecule has 0 aromatic carbocycles. The molecule has 2 saturated heterocycles. The molecular weight excluding hydrogens is 396 g/mol. The van der Waals surface area contributed by atoms with Gasteiger partial charge in [0.25, 0.3) is 0 Å². The minimum absolute atomic E-state index is 0.0948. The summed E-state index contributed by atoms with van der Waals surface area (Å²) in [5.41, 5.74) is -2.17. The number of hydrogen-bond acceptors (Lipinski definition) is 8. The number of aliphatic hydroxyl groups is 1. The van der Waals surface area contributed by atoms with E-state index in [2.05, 4.69) is 25.8 Å². The van der Waals surface area contributed by atoms with E-state index in [1.807, 2.05) is 13.1 Å². The SMILES string of the molecule is CCOc1ccn([C@@H]2O[C@@H]3COC(=O)C[C@]3(O)[C@H]2O[Si](C)(C)C(C)(C)C)c(=O)n1. The summed E-state index contributed by atoms with van der Waals surface area (Å²) < 4.78 is 24.2. The van der Waals surface area contributed by atoms with Gasteiger partial charge < -0.3 is 23.7 Å². The number of cyclic esters (lactones) is 1. The average molecular weight is 427 g/mol. The Bertz CT molecular complexity index is 835. The number of carbonyl (C=O) groups excluding carboxylic acids is 1. The molecule has 10 heteroatoms. The number of hydrogen-bond donors (Lipinski definition) is 1. The topological polar surface area (TPSA) is 109 Å². The number of fused-ring (bicyclic) bond motifs is 1. The fraction of sp³-hybridized carbons (Fsp3) is 0.737. The van der Waals surface area contributed by atoms with Gasteiger partial charge in [-0.1, -0.05) is 20.8 Å². The van der Waals surface area contributed by atoms with Crippen molar-refractivity contribution in [2.75, 3.05) is 13.2 Å².